The fraction of sp³-hybridized carbons (Fsp3) is 0.263. The molecule has 0 amide bonds. The number of carbonyl (C=O) groups is 1. The van der Waals surface area contributed by atoms with Crippen LogP contribution < -0.4 is 5.32 Å². The summed E-state index contributed by atoms with van der Waals surface area (Å²) in [5, 5.41) is 7.87. The number of nitrogens with zero attached hydrogens (tertiary/aromatic N) is 4. The number of ketones is 1. The lowest BCUT2D eigenvalue weighted by Crippen LogP contribution is -2.33. The summed E-state index contributed by atoms with van der Waals surface area (Å²) in [6.45, 7) is 2.41. The number of nitrogens with one attached hydrogen (secondary N) is 1. The van der Waals surface area contributed by atoms with E-state index in [0.29, 0.717) is 18.1 Å². The van der Waals surface area contributed by atoms with Crippen molar-refractivity contribution >= 4 is 17.4 Å². The van der Waals surface area contributed by atoms with Gasteiger partial charge in [0.15, 0.2) is 11.6 Å². The fourth-order valence-corrected chi connectivity index (χ4v) is 3.09. The molecule has 1 aliphatic rings. The molecule has 1 fully saturated rings. The van der Waals surface area contributed by atoms with Gasteiger partial charge in [-0.1, -0.05) is 35.9 Å². The first-order valence-corrected chi connectivity index (χ1v) is 9.05. The second-order valence-corrected chi connectivity index (χ2v) is 6.64. The molecule has 1 saturated heterocycles. The quantitative estimate of drug-likeness (QED) is 0.681. The van der Waals surface area contributed by atoms with E-state index >= 15 is 0 Å². The van der Waals surface area contributed by atoms with Gasteiger partial charge in [0.25, 0.3) is 0 Å². The Hall–Kier alpha value is -2.61. The number of carbonyl (C=O) groups excluding carboxylic acids is 1. The summed E-state index contributed by atoms with van der Waals surface area (Å²) in [5.41, 5.74) is 2.42. The second-order valence-electron chi connectivity index (χ2n) is 6.25. The van der Waals surface area contributed by atoms with Crippen LogP contribution in [0, 0.1) is 0 Å². The van der Waals surface area contributed by atoms with Crippen molar-refractivity contribution in [2.75, 3.05) is 19.7 Å². The van der Waals surface area contributed by atoms with E-state index in [4.69, 9.17) is 16.3 Å². The zero-order valence-corrected chi connectivity index (χ0v) is 15.3. The standard InChI is InChI=1S/C19H18ClN5O2/c20-18-11-22-12-19(23-18)25-7-5-15(24-25)16(26)9-13-1-3-14(4-2-13)17-10-21-6-8-27-17/h1-5,7,11-12,17,21H,6,8-10H2/t17-/m1/s1. The van der Waals surface area contributed by atoms with E-state index in [1.165, 1.54) is 17.1 Å². The molecule has 7 nitrogen and oxygen atoms in total. The minimum Gasteiger partial charge on any atom is -0.371 e. The fourth-order valence-electron chi connectivity index (χ4n) is 2.95. The lowest BCUT2D eigenvalue weighted by atomic mass is 10.0. The number of hydrogen-bond donors (Lipinski definition) is 1. The molecule has 0 radical (unpaired) electrons. The zero-order chi connectivity index (χ0) is 18.6. The van der Waals surface area contributed by atoms with Crippen molar-refractivity contribution in [3.05, 3.63) is 70.9 Å². The minimum atomic E-state index is -0.0629. The highest BCUT2D eigenvalue weighted by atomic mass is 35.5. The van der Waals surface area contributed by atoms with Crippen LogP contribution >= 0.6 is 11.6 Å². The Morgan fingerprint density at radius 1 is 1.26 bits per heavy atom. The number of rotatable bonds is 5. The van der Waals surface area contributed by atoms with Crippen molar-refractivity contribution in [1.82, 2.24) is 25.1 Å². The number of benzene rings is 1. The van der Waals surface area contributed by atoms with Crippen LogP contribution in [0.25, 0.3) is 5.82 Å². The summed E-state index contributed by atoms with van der Waals surface area (Å²) >= 11 is 5.85. The maximum absolute atomic E-state index is 12.5. The highest BCUT2D eigenvalue weighted by molar-refractivity contribution is 6.29. The van der Waals surface area contributed by atoms with Gasteiger partial charge < -0.3 is 10.1 Å². The number of halogens is 1. The Morgan fingerprint density at radius 2 is 2.11 bits per heavy atom. The lowest BCUT2D eigenvalue weighted by Gasteiger charge is -2.24. The van der Waals surface area contributed by atoms with E-state index < -0.39 is 0 Å². The summed E-state index contributed by atoms with van der Waals surface area (Å²) in [6.07, 6.45) is 5.00. The molecule has 1 N–H and O–H groups in total. The van der Waals surface area contributed by atoms with E-state index in [1.54, 1.807) is 12.3 Å². The first-order valence-electron chi connectivity index (χ1n) is 8.67. The van der Waals surface area contributed by atoms with Crippen LogP contribution in [-0.4, -0.2) is 45.2 Å². The normalized spacial score (nSPS) is 17.0. The van der Waals surface area contributed by atoms with Gasteiger partial charge >= 0.3 is 0 Å². The third-order valence-corrected chi connectivity index (χ3v) is 4.53. The summed E-state index contributed by atoms with van der Waals surface area (Å²) in [6, 6.07) is 9.62. The Morgan fingerprint density at radius 3 is 2.85 bits per heavy atom. The predicted molar refractivity (Wildman–Crippen MR) is 100 cm³/mol. The summed E-state index contributed by atoms with van der Waals surface area (Å²) < 4.78 is 7.23. The molecule has 0 saturated carbocycles. The topological polar surface area (TPSA) is 81.9 Å². The van der Waals surface area contributed by atoms with E-state index in [9.17, 15) is 4.79 Å². The highest BCUT2D eigenvalue weighted by Gasteiger charge is 2.16. The molecule has 2 aromatic heterocycles. The Labute approximate surface area is 161 Å². The molecule has 1 aliphatic heterocycles. The molecule has 0 spiro atoms. The maximum Gasteiger partial charge on any atom is 0.187 e. The van der Waals surface area contributed by atoms with Crippen LogP contribution in [-0.2, 0) is 11.2 Å². The van der Waals surface area contributed by atoms with Crippen LogP contribution in [0.1, 0.15) is 27.7 Å². The van der Waals surface area contributed by atoms with Gasteiger partial charge in [0.2, 0.25) is 0 Å². The van der Waals surface area contributed by atoms with Crippen molar-refractivity contribution in [2.45, 2.75) is 12.5 Å². The van der Waals surface area contributed by atoms with E-state index in [-0.39, 0.29) is 23.5 Å². The molecule has 0 aliphatic carbocycles. The van der Waals surface area contributed by atoms with Crippen LogP contribution in [0.2, 0.25) is 5.15 Å². The molecule has 27 heavy (non-hydrogen) atoms. The number of ether oxygens (including phenoxy) is 1. The average Bonchev–Trinajstić information content (AvgIpc) is 3.20. The molecule has 0 unspecified atom stereocenters. The van der Waals surface area contributed by atoms with Crippen LogP contribution in [0.15, 0.2) is 48.9 Å². The number of aromatic nitrogens is 4. The number of morpholine rings is 1. The van der Waals surface area contributed by atoms with E-state index in [0.717, 1.165) is 24.2 Å². The Balaban J connectivity index is 1.43. The smallest absolute Gasteiger partial charge is 0.187 e. The molecule has 0 bridgehead atoms. The third kappa shape index (κ3) is 4.21. The Kier molecular flexibility index (Phi) is 5.24. The second kappa shape index (κ2) is 7.96. The molecule has 1 atom stereocenters. The van der Waals surface area contributed by atoms with Gasteiger partial charge in [0, 0.05) is 25.7 Å². The predicted octanol–water partition coefficient (Wildman–Crippen LogP) is 2.40. The first-order chi connectivity index (χ1) is 13.2. The molecule has 3 heterocycles. The summed E-state index contributed by atoms with van der Waals surface area (Å²) in [4.78, 5) is 20.6. The van der Waals surface area contributed by atoms with Crippen molar-refractivity contribution in [3.63, 3.8) is 0 Å². The Bertz CT molecular complexity index is 935. The monoisotopic (exact) mass is 383 g/mol. The lowest BCUT2D eigenvalue weighted by molar-refractivity contribution is 0.0277. The van der Waals surface area contributed by atoms with Crippen molar-refractivity contribution in [2.24, 2.45) is 0 Å². The van der Waals surface area contributed by atoms with Crippen molar-refractivity contribution in [3.8, 4) is 5.82 Å². The van der Waals surface area contributed by atoms with Crippen molar-refractivity contribution in [1.29, 1.82) is 0 Å². The zero-order valence-electron chi connectivity index (χ0n) is 14.5. The molecular formula is C19H18ClN5O2. The van der Waals surface area contributed by atoms with Crippen LogP contribution in [0.4, 0.5) is 0 Å². The van der Waals surface area contributed by atoms with Crippen molar-refractivity contribution < 1.29 is 9.53 Å². The van der Waals surface area contributed by atoms with Crippen LogP contribution in [0.5, 0.6) is 0 Å². The molecule has 138 valence electrons. The summed E-state index contributed by atoms with van der Waals surface area (Å²) in [7, 11) is 0. The largest absolute Gasteiger partial charge is 0.371 e. The van der Waals surface area contributed by atoms with Gasteiger partial charge in [-0.2, -0.15) is 5.10 Å². The molecule has 1 aromatic carbocycles. The van der Waals surface area contributed by atoms with E-state index in [2.05, 4.69) is 20.4 Å². The highest BCUT2D eigenvalue weighted by Crippen LogP contribution is 2.19. The van der Waals surface area contributed by atoms with E-state index in [1.807, 2.05) is 24.3 Å². The van der Waals surface area contributed by atoms with Gasteiger partial charge in [-0.3, -0.25) is 9.78 Å². The van der Waals surface area contributed by atoms with Gasteiger partial charge in [0.1, 0.15) is 10.8 Å². The average molecular weight is 384 g/mol. The maximum atomic E-state index is 12.5. The van der Waals surface area contributed by atoms with Gasteiger partial charge in [0.05, 0.1) is 25.1 Å². The van der Waals surface area contributed by atoms with Gasteiger partial charge in [-0.15, -0.1) is 0 Å². The first kappa shape index (κ1) is 17.8. The van der Waals surface area contributed by atoms with Gasteiger partial charge in [-0.05, 0) is 17.2 Å². The van der Waals surface area contributed by atoms with Gasteiger partial charge in [-0.25, -0.2) is 9.67 Å². The summed E-state index contributed by atoms with van der Waals surface area (Å²) in [5.74, 6) is 0.402. The number of hydrogen-bond acceptors (Lipinski definition) is 6. The third-order valence-electron chi connectivity index (χ3n) is 4.35. The minimum absolute atomic E-state index is 0.0629. The molecule has 8 heteroatoms. The molecule has 4 rings (SSSR count). The SMILES string of the molecule is O=C(Cc1ccc([C@H]2CNCCO2)cc1)c1ccn(-c2cncc(Cl)n2)n1. The van der Waals surface area contributed by atoms with Crippen LogP contribution in [0.3, 0.4) is 0 Å². The number of Topliss-reactive ketones (excluding diaryl/α,β-unsaturated/α-hetero) is 1. The molecular weight excluding hydrogens is 366 g/mol. The molecule has 3 aromatic rings.